The summed E-state index contributed by atoms with van der Waals surface area (Å²) in [4.78, 5) is 11.1. The number of para-hydroxylation sites is 4. The van der Waals surface area contributed by atoms with E-state index in [1.165, 1.54) is 77.1 Å². The largest absolute Gasteiger partial charge is 0.309 e. The van der Waals surface area contributed by atoms with E-state index in [-0.39, 0.29) is 0 Å². The molecule has 4 nitrogen and oxygen atoms in total. The quantitative estimate of drug-likeness (QED) is 0.179. The molecule has 12 aromatic rings. The Kier molecular flexibility index (Phi) is 6.46. The molecule has 0 fully saturated rings. The minimum Gasteiger partial charge on any atom is -0.309 e. The second-order valence-electron chi connectivity index (χ2n) is 16.4. The summed E-state index contributed by atoms with van der Waals surface area (Å²) in [6, 6.07) is 75.1. The van der Waals surface area contributed by atoms with Crippen LogP contribution in [0, 0.1) is 0 Å². The van der Waals surface area contributed by atoms with E-state index in [1.54, 1.807) is 0 Å². The van der Waals surface area contributed by atoms with Gasteiger partial charge in [-0.2, -0.15) is 0 Å². The zero-order valence-corrected chi connectivity index (χ0v) is 32.9. The Morgan fingerprint density at radius 1 is 0.328 bits per heavy atom. The Morgan fingerprint density at radius 2 is 0.820 bits per heavy atom. The van der Waals surface area contributed by atoms with Crippen LogP contribution in [0.25, 0.3) is 99.7 Å². The normalized spacial score (nSPS) is 13.4. The van der Waals surface area contributed by atoms with Crippen LogP contribution in [0.15, 0.2) is 206 Å². The highest BCUT2D eigenvalue weighted by Crippen LogP contribution is 2.64. The molecule has 61 heavy (non-hydrogen) atoms. The lowest BCUT2D eigenvalue weighted by Crippen LogP contribution is -2.25. The van der Waals surface area contributed by atoms with Gasteiger partial charge in [0.1, 0.15) is 0 Å². The maximum absolute atomic E-state index is 5.71. The Bertz CT molecular complexity index is 3790. The van der Waals surface area contributed by atoms with Crippen LogP contribution in [0.4, 0.5) is 0 Å². The summed E-state index contributed by atoms with van der Waals surface area (Å²) in [6.45, 7) is 0. The molecular weight excluding hydrogens is 741 g/mol. The lowest BCUT2D eigenvalue weighted by atomic mass is 9.70. The molecule has 0 aliphatic heterocycles. The van der Waals surface area contributed by atoms with Gasteiger partial charge < -0.3 is 4.57 Å². The van der Waals surface area contributed by atoms with Crippen molar-refractivity contribution < 1.29 is 0 Å². The van der Waals surface area contributed by atoms with Crippen LogP contribution in [0.3, 0.4) is 0 Å². The van der Waals surface area contributed by atoms with E-state index in [1.807, 2.05) is 0 Å². The molecule has 1 spiro atoms. The van der Waals surface area contributed by atoms with Gasteiger partial charge in [0.05, 0.1) is 38.7 Å². The van der Waals surface area contributed by atoms with E-state index >= 15 is 0 Å². The maximum Gasteiger partial charge on any atom is 0.235 e. The Morgan fingerprint density at radius 3 is 1.51 bits per heavy atom. The highest BCUT2D eigenvalue weighted by molar-refractivity contribution is 6.29. The Balaban J connectivity index is 1.08. The third-order valence-electron chi connectivity index (χ3n) is 13.6. The fourth-order valence-corrected chi connectivity index (χ4v) is 11.3. The minimum absolute atomic E-state index is 0.447. The molecule has 9 aromatic carbocycles. The van der Waals surface area contributed by atoms with Gasteiger partial charge in [0.15, 0.2) is 0 Å². The molecule has 0 saturated heterocycles. The highest BCUT2D eigenvalue weighted by Gasteiger charge is 2.52. The van der Waals surface area contributed by atoms with E-state index < -0.39 is 5.41 Å². The molecule has 2 aliphatic rings. The fraction of sp³-hybridized carbons (Fsp3) is 0.0175. The van der Waals surface area contributed by atoms with E-state index in [9.17, 15) is 0 Å². The smallest absolute Gasteiger partial charge is 0.235 e. The van der Waals surface area contributed by atoms with Crippen LogP contribution in [-0.2, 0) is 5.41 Å². The molecule has 0 saturated carbocycles. The van der Waals surface area contributed by atoms with Gasteiger partial charge in [0, 0.05) is 38.2 Å². The standard InChI is InChI=1S/C57H34N4/c1-2-17-35(18-3-1)60-48-31-14-8-23-40(48)53-50(60)33-34-51-54(53)41-24-9-15-32-49(41)61(51)56-58-47-30-13-7-22-39(47)55(59-56)42-25-16-29-46-52(42)38-21-6-12-28-45(38)57(46)43-26-10-4-19-36(43)37-20-5-11-27-44(37)57/h1-34H. The van der Waals surface area contributed by atoms with E-state index in [0.717, 1.165) is 38.9 Å². The number of hydrogen-bond acceptors (Lipinski definition) is 2. The summed E-state index contributed by atoms with van der Waals surface area (Å²) >= 11 is 0. The first kappa shape index (κ1) is 32.8. The third kappa shape index (κ3) is 4.13. The molecule has 4 heteroatoms. The number of rotatable bonds is 3. The van der Waals surface area contributed by atoms with Crippen molar-refractivity contribution in [3.8, 4) is 45.1 Å². The number of nitrogens with zero attached hydrogens (tertiary/aromatic N) is 4. The van der Waals surface area contributed by atoms with Crippen molar-refractivity contribution in [2.24, 2.45) is 0 Å². The van der Waals surface area contributed by atoms with E-state index in [2.05, 4.69) is 215 Å². The molecule has 0 radical (unpaired) electrons. The maximum atomic E-state index is 5.71. The molecule has 282 valence electrons. The predicted molar refractivity (Wildman–Crippen MR) is 250 cm³/mol. The molecule has 0 amide bonds. The zero-order valence-electron chi connectivity index (χ0n) is 32.9. The Labute approximate surface area is 351 Å². The van der Waals surface area contributed by atoms with Gasteiger partial charge in [-0.3, -0.25) is 4.57 Å². The first-order chi connectivity index (χ1) is 30.3. The summed E-state index contributed by atoms with van der Waals surface area (Å²) in [5.74, 6) is 0.654. The third-order valence-corrected chi connectivity index (χ3v) is 13.6. The molecule has 0 atom stereocenters. The van der Waals surface area contributed by atoms with E-state index in [4.69, 9.17) is 9.97 Å². The first-order valence-corrected chi connectivity index (χ1v) is 21.0. The van der Waals surface area contributed by atoms with Crippen molar-refractivity contribution in [1.29, 1.82) is 0 Å². The van der Waals surface area contributed by atoms with Gasteiger partial charge in [0.25, 0.3) is 0 Å². The van der Waals surface area contributed by atoms with Gasteiger partial charge in [-0.05, 0) is 87.0 Å². The van der Waals surface area contributed by atoms with Crippen LogP contribution >= 0.6 is 0 Å². The van der Waals surface area contributed by atoms with Gasteiger partial charge in [-0.1, -0.05) is 164 Å². The van der Waals surface area contributed by atoms with Crippen LogP contribution < -0.4 is 0 Å². The first-order valence-electron chi connectivity index (χ1n) is 21.0. The van der Waals surface area contributed by atoms with Gasteiger partial charge in [-0.15, -0.1) is 0 Å². The Hall–Kier alpha value is -8.08. The van der Waals surface area contributed by atoms with Gasteiger partial charge >= 0.3 is 0 Å². The fourth-order valence-electron chi connectivity index (χ4n) is 11.3. The van der Waals surface area contributed by atoms with Crippen molar-refractivity contribution >= 4 is 54.5 Å². The lowest BCUT2D eigenvalue weighted by Gasteiger charge is -2.30. The van der Waals surface area contributed by atoms with Crippen LogP contribution in [0.2, 0.25) is 0 Å². The number of hydrogen-bond donors (Lipinski definition) is 0. The van der Waals surface area contributed by atoms with Crippen LogP contribution in [0.1, 0.15) is 22.3 Å². The van der Waals surface area contributed by atoms with Gasteiger partial charge in [0.2, 0.25) is 5.95 Å². The zero-order chi connectivity index (χ0) is 39.8. The van der Waals surface area contributed by atoms with Crippen molar-refractivity contribution in [3.05, 3.63) is 229 Å². The van der Waals surface area contributed by atoms with Gasteiger partial charge in [-0.25, -0.2) is 9.97 Å². The molecular formula is C57H34N4. The highest BCUT2D eigenvalue weighted by atomic mass is 15.2. The van der Waals surface area contributed by atoms with Crippen molar-refractivity contribution in [1.82, 2.24) is 19.1 Å². The summed E-state index contributed by atoms with van der Waals surface area (Å²) < 4.78 is 4.68. The second-order valence-corrected chi connectivity index (χ2v) is 16.4. The average Bonchev–Trinajstić information content (AvgIpc) is 4.04. The van der Waals surface area contributed by atoms with Crippen molar-refractivity contribution in [2.75, 3.05) is 0 Å². The average molecular weight is 775 g/mol. The molecule has 2 aliphatic carbocycles. The second kappa shape index (κ2) is 12.0. The van der Waals surface area contributed by atoms with Crippen molar-refractivity contribution in [3.63, 3.8) is 0 Å². The lowest BCUT2D eigenvalue weighted by molar-refractivity contribution is 0.794. The molecule has 0 bridgehead atoms. The topological polar surface area (TPSA) is 35.6 Å². The summed E-state index contributed by atoms with van der Waals surface area (Å²) in [5, 5.41) is 5.85. The van der Waals surface area contributed by atoms with Crippen LogP contribution in [0.5, 0.6) is 0 Å². The number of benzene rings is 9. The SMILES string of the molecule is c1ccc(-n2c3ccccc3c3c4c5ccccc5n(-c5nc(-c6cccc7c6-c6ccccc6C76c7ccccc7-c7ccccc76)c6ccccc6n5)c4ccc32)cc1. The summed E-state index contributed by atoms with van der Waals surface area (Å²) in [7, 11) is 0. The number of fused-ring (bicyclic) bond motifs is 18. The summed E-state index contributed by atoms with van der Waals surface area (Å²) in [5.41, 5.74) is 18.5. The minimum atomic E-state index is -0.447. The molecule has 14 rings (SSSR count). The monoisotopic (exact) mass is 774 g/mol. The molecule has 0 unspecified atom stereocenters. The molecule has 0 N–H and O–H groups in total. The van der Waals surface area contributed by atoms with Crippen molar-refractivity contribution in [2.45, 2.75) is 5.41 Å². The number of aromatic nitrogens is 4. The predicted octanol–water partition coefficient (Wildman–Crippen LogP) is 13.8. The van der Waals surface area contributed by atoms with Crippen LogP contribution in [-0.4, -0.2) is 19.1 Å². The van der Waals surface area contributed by atoms with E-state index in [0.29, 0.717) is 5.95 Å². The summed E-state index contributed by atoms with van der Waals surface area (Å²) in [6.07, 6.45) is 0. The molecule has 3 aromatic heterocycles. The molecule has 3 heterocycles.